The molecule has 0 bridgehead atoms. The Hall–Kier alpha value is -2.43. The van der Waals surface area contributed by atoms with Crippen LogP contribution in [0, 0.1) is 13.8 Å². The molecule has 5 nitrogen and oxygen atoms in total. The highest BCUT2D eigenvalue weighted by Crippen LogP contribution is 2.41. The van der Waals surface area contributed by atoms with Crippen LogP contribution in [0.15, 0.2) is 24.3 Å². The molecule has 2 aliphatic rings. The van der Waals surface area contributed by atoms with Gasteiger partial charge in [-0.15, -0.1) is 0 Å². The van der Waals surface area contributed by atoms with E-state index in [2.05, 4.69) is 23.3 Å². The summed E-state index contributed by atoms with van der Waals surface area (Å²) in [6, 6.07) is 8.56. The van der Waals surface area contributed by atoms with Gasteiger partial charge in [0, 0.05) is 18.8 Å². The number of carbonyl (C=O) groups excluding carboxylic acids is 2. The minimum Gasteiger partial charge on any atom is -0.326 e. The zero-order chi connectivity index (χ0) is 18.4. The van der Waals surface area contributed by atoms with Crippen molar-refractivity contribution in [2.45, 2.75) is 58.0 Å². The molecule has 1 heterocycles. The smallest absolute Gasteiger partial charge is 0.295 e. The molecule has 4 rings (SSSR count). The molecule has 1 aromatic heterocycles. The summed E-state index contributed by atoms with van der Waals surface area (Å²) in [5.74, 6) is -0.781. The van der Waals surface area contributed by atoms with Crippen molar-refractivity contribution < 1.29 is 9.59 Å². The quantitative estimate of drug-likeness (QED) is 0.627. The molecule has 1 saturated carbocycles. The molecule has 2 aromatic rings. The molecule has 5 heteroatoms. The Morgan fingerprint density at radius 3 is 2.54 bits per heavy atom. The van der Waals surface area contributed by atoms with Crippen molar-refractivity contribution >= 4 is 11.7 Å². The first-order valence-electron chi connectivity index (χ1n) is 9.44. The number of ketones is 1. The highest BCUT2D eigenvalue weighted by atomic mass is 16.2. The molecular weight excluding hydrogens is 326 g/mol. The Labute approximate surface area is 154 Å². The lowest BCUT2D eigenvalue weighted by molar-refractivity contribution is -0.129. The fourth-order valence-corrected chi connectivity index (χ4v) is 4.26. The molecule has 0 saturated heterocycles. The summed E-state index contributed by atoms with van der Waals surface area (Å²) < 4.78 is 1.67. The topological polar surface area (TPSA) is 55.2 Å². The lowest BCUT2D eigenvalue weighted by Gasteiger charge is -2.36. The molecule has 26 heavy (non-hydrogen) atoms. The third-order valence-electron chi connectivity index (χ3n) is 5.78. The van der Waals surface area contributed by atoms with Crippen LogP contribution in [0.5, 0.6) is 0 Å². The van der Waals surface area contributed by atoms with Crippen LogP contribution in [0.2, 0.25) is 0 Å². The summed E-state index contributed by atoms with van der Waals surface area (Å²) in [6.07, 6.45) is 5.01. The predicted octanol–water partition coefficient (Wildman–Crippen LogP) is 3.29. The molecule has 0 N–H and O–H groups in total. The molecule has 1 atom stereocenters. The minimum absolute atomic E-state index is 0.0150. The highest BCUT2D eigenvalue weighted by Gasteiger charge is 2.42. The van der Waals surface area contributed by atoms with E-state index in [1.807, 2.05) is 17.9 Å². The van der Waals surface area contributed by atoms with Gasteiger partial charge in [0.25, 0.3) is 11.7 Å². The SMILES string of the molecule is Cc1nn(C)c(C)c1C(=O)C(=O)N(C1CC1)C1CCCc2ccccc21. The van der Waals surface area contributed by atoms with E-state index >= 15 is 0 Å². The number of fused-ring (bicyclic) bond motifs is 1. The Morgan fingerprint density at radius 1 is 1.15 bits per heavy atom. The van der Waals surface area contributed by atoms with Gasteiger partial charge in [-0.05, 0) is 57.1 Å². The van der Waals surface area contributed by atoms with Gasteiger partial charge in [0.15, 0.2) is 0 Å². The third-order valence-corrected chi connectivity index (χ3v) is 5.78. The number of benzene rings is 1. The van der Waals surface area contributed by atoms with Crippen molar-refractivity contribution in [3.05, 3.63) is 52.3 Å². The molecule has 1 aromatic carbocycles. The Kier molecular flexibility index (Phi) is 4.17. The van der Waals surface area contributed by atoms with E-state index in [9.17, 15) is 9.59 Å². The van der Waals surface area contributed by atoms with Gasteiger partial charge in [0.1, 0.15) is 0 Å². The maximum absolute atomic E-state index is 13.3. The number of rotatable bonds is 4. The first-order chi connectivity index (χ1) is 12.5. The van der Waals surface area contributed by atoms with Crippen molar-refractivity contribution in [2.75, 3.05) is 0 Å². The van der Waals surface area contributed by atoms with Crippen LogP contribution >= 0.6 is 0 Å². The van der Waals surface area contributed by atoms with Gasteiger partial charge in [0.2, 0.25) is 0 Å². The van der Waals surface area contributed by atoms with Crippen LogP contribution in [-0.4, -0.2) is 32.4 Å². The normalized spacial score (nSPS) is 19.1. The van der Waals surface area contributed by atoms with Crippen molar-refractivity contribution in [2.24, 2.45) is 7.05 Å². The van der Waals surface area contributed by atoms with Crippen LogP contribution in [0.3, 0.4) is 0 Å². The number of aromatic nitrogens is 2. The number of nitrogens with zero attached hydrogens (tertiary/aromatic N) is 3. The Bertz CT molecular complexity index is 879. The molecule has 0 spiro atoms. The minimum atomic E-state index is -0.414. The van der Waals surface area contributed by atoms with Crippen molar-refractivity contribution in [3.63, 3.8) is 0 Å². The second kappa shape index (κ2) is 6.38. The van der Waals surface area contributed by atoms with E-state index < -0.39 is 5.78 Å². The average molecular weight is 351 g/mol. The van der Waals surface area contributed by atoms with E-state index in [0.29, 0.717) is 11.3 Å². The maximum atomic E-state index is 13.3. The third kappa shape index (κ3) is 2.75. The Balaban J connectivity index is 1.70. The zero-order valence-electron chi connectivity index (χ0n) is 15.7. The summed E-state index contributed by atoms with van der Waals surface area (Å²) in [6.45, 7) is 3.64. The highest BCUT2D eigenvalue weighted by molar-refractivity contribution is 6.43. The molecule has 1 fully saturated rings. The zero-order valence-corrected chi connectivity index (χ0v) is 15.7. The van der Waals surface area contributed by atoms with Gasteiger partial charge < -0.3 is 4.90 Å². The summed E-state index contributed by atoms with van der Waals surface area (Å²) in [7, 11) is 1.81. The number of hydrogen-bond acceptors (Lipinski definition) is 3. The number of Topliss-reactive ketones (excluding diaryl/α,β-unsaturated/α-hetero) is 1. The van der Waals surface area contributed by atoms with E-state index in [4.69, 9.17) is 0 Å². The largest absolute Gasteiger partial charge is 0.326 e. The van der Waals surface area contributed by atoms with E-state index in [-0.39, 0.29) is 18.0 Å². The van der Waals surface area contributed by atoms with Gasteiger partial charge in [-0.25, -0.2) is 0 Å². The van der Waals surface area contributed by atoms with E-state index in [1.54, 1.807) is 18.7 Å². The molecule has 0 aliphatic heterocycles. The first kappa shape index (κ1) is 17.0. The molecule has 2 aliphatic carbocycles. The molecule has 1 amide bonds. The van der Waals surface area contributed by atoms with Gasteiger partial charge >= 0.3 is 0 Å². The molecular formula is C21H25N3O2. The lowest BCUT2D eigenvalue weighted by Crippen LogP contribution is -2.42. The van der Waals surface area contributed by atoms with Gasteiger partial charge in [-0.1, -0.05) is 24.3 Å². The second-order valence-corrected chi connectivity index (χ2v) is 7.55. The van der Waals surface area contributed by atoms with Crippen LogP contribution in [0.4, 0.5) is 0 Å². The second-order valence-electron chi connectivity index (χ2n) is 7.55. The van der Waals surface area contributed by atoms with E-state index in [1.165, 1.54) is 11.1 Å². The standard InChI is InChI=1S/C21H25N3O2/c1-13-19(14(2)23(3)22-13)20(25)21(26)24(16-11-12-16)18-10-6-8-15-7-4-5-9-17(15)18/h4-5,7,9,16,18H,6,8,10-12H2,1-3H3. The summed E-state index contributed by atoms with van der Waals surface area (Å²) in [4.78, 5) is 28.3. The summed E-state index contributed by atoms with van der Waals surface area (Å²) >= 11 is 0. The van der Waals surface area contributed by atoms with Crippen molar-refractivity contribution in [1.82, 2.24) is 14.7 Å². The van der Waals surface area contributed by atoms with Gasteiger partial charge in [0.05, 0.1) is 17.3 Å². The van der Waals surface area contributed by atoms with E-state index in [0.717, 1.165) is 37.8 Å². The Morgan fingerprint density at radius 2 is 1.88 bits per heavy atom. The van der Waals surface area contributed by atoms with Crippen molar-refractivity contribution in [3.8, 4) is 0 Å². The number of aryl methyl sites for hydroxylation is 3. The first-order valence-corrected chi connectivity index (χ1v) is 9.44. The molecule has 0 radical (unpaired) electrons. The van der Waals surface area contributed by atoms with Gasteiger partial charge in [-0.3, -0.25) is 14.3 Å². The fourth-order valence-electron chi connectivity index (χ4n) is 4.26. The van der Waals surface area contributed by atoms with Crippen LogP contribution < -0.4 is 0 Å². The number of hydrogen-bond donors (Lipinski definition) is 0. The van der Waals surface area contributed by atoms with Crippen molar-refractivity contribution in [1.29, 1.82) is 0 Å². The molecule has 1 unspecified atom stereocenters. The monoisotopic (exact) mass is 351 g/mol. The predicted molar refractivity (Wildman–Crippen MR) is 99.0 cm³/mol. The number of amides is 1. The van der Waals surface area contributed by atoms with Crippen LogP contribution in [0.1, 0.15) is 64.6 Å². The molecule has 136 valence electrons. The maximum Gasteiger partial charge on any atom is 0.295 e. The summed E-state index contributed by atoms with van der Waals surface area (Å²) in [5.41, 5.74) is 4.37. The van der Waals surface area contributed by atoms with Crippen LogP contribution in [0.25, 0.3) is 0 Å². The average Bonchev–Trinajstić information content (AvgIpc) is 3.42. The van der Waals surface area contributed by atoms with Gasteiger partial charge in [-0.2, -0.15) is 5.10 Å². The lowest BCUT2D eigenvalue weighted by atomic mass is 9.86. The number of carbonyl (C=O) groups is 2. The summed E-state index contributed by atoms with van der Waals surface area (Å²) in [5, 5.41) is 4.31. The van der Waals surface area contributed by atoms with Crippen LogP contribution in [-0.2, 0) is 18.3 Å². The fraction of sp³-hybridized carbons (Fsp3) is 0.476.